The Hall–Kier alpha value is -2.14. The summed E-state index contributed by atoms with van der Waals surface area (Å²) in [5.74, 6) is 0.747. The normalized spacial score (nSPS) is 19.3. The summed E-state index contributed by atoms with van der Waals surface area (Å²) in [7, 11) is 0. The molecule has 3 N–H and O–H groups in total. The average molecular weight is 283 g/mol. The zero-order chi connectivity index (χ0) is 14.5. The van der Waals surface area contributed by atoms with Crippen LogP contribution in [0.25, 0.3) is 0 Å². The fraction of sp³-hybridized carbons (Fsp3) is 0.375. The van der Waals surface area contributed by atoms with Gasteiger partial charge < -0.3 is 11.1 Å². The first-order valence-corrected chi connectivity index (χ1v) is 7.39. The van der Waals surface area contributed by atoms with Crippen molar-refractivity contribution in [2.24, 2.45) is 0 Å². The summed E-state index contributed by atoms with van der Waals surface area (Å²) in [5.41, 5.74) is 7.86. The Labute approximate surface area is 125 Å². The van der Waals surface area contributed by atoms with Gasteiger partial charge in [0.05, 0.1) is 11.9 Å². The highest BCUT2D eigenvalue weighted by Crippen LogP contribution is 2.19. The van der Waals surface area contributed by atoms with Crippen LogP contribution in [0, 0.1) is 0 Å². The Morgan fingerprint density at radius 3 is 2.95 bits per heavy atom. The molecule has 1 aromatic carbocycles. The highest BCUT2D eigenvalue weighted by Gasteiger charge is 2.20. The number of nitrogens with one attached hydrogen (secondary N) is 1. The van der Waals surface area contributed by atoms with Crippen LogP contribution in [0.4, 0.5) is 11.5 Å². The molecular weight excluding hydrogens is 262 g/mol. The summed E-state index contributed by atoms with van der Waals surface area (Å²) in [6.45, 7) is 3.16. The van der Waals surface area contributed by atoms with Crippen LogP contribution < -0.4 is 11.1 Å². The molecule has 1 fully saturated rings. The van der Waals surface area contributed by atoms with E-state index in [1.807, 2.05) is 0 Å². The molecule has 1 aromatic heterocycles. The molecule has 0 spiro atoms. The number of piperidine rings is 1. The highest BCUT2D eigenvalue weighted by molar-refractivity contribution is 5.59. The Bertz CT molecular complexity index is 572. The van der Waals surface area contributed by atoms with E-state index < -0.39 is 0 Å². The topological polar surface area (TPSA) is 67.1 Å². The number of aromatic nitrogens is 2. The van der Waals surface area contributed by atoms with E-state index in [4.69, 9.17) is 5.73 Å². The summed E-state index contributed by atoms with van der Waals surface area (Å²) in [6.07, 6.45) is 5.51. The van der Waals surface area contributed by atoms with Gasteiger partial charge in [-0.25, -0.2) is 9.97 Å². The molecule has 1 unspecified atom stereocenters. The molecule has 0 aliphatic carbocycles. The number of anilines is 2. The Balaban J connectivity index is 1.60. The third-order valence-electron chi connectivity index (χ3n) is 3.84. The zero-order valence-corrected chi connectivity index (χ0v) is 12.1. The Morgan fingerprint density at radius 1 is 1.29 bits per heavy atom. The molecule has 2 aromatic rings. The van der Waals surface area contributed by atoms with Gasteiger partial charge in [-0.1, -0.05) is 30.3 Å². The highest BCUT2D eigenvalue weighted by atomic mass is 15.2. The second-order valence-electron chi connectivity index (χ2n) is 5.53. The smallest absolute Gasteiger partial charge is 0.152 e. The van der Waals surface area contributed by atoms with Gasteiger partial charge >= 0.3 is 0 Å². The van der Waals surface area contributed by atoms with Gasteiger partial charge in [-0.3, -0.25) is 4.90 Å². The molecule has 5 heteroatoms. The lowest BCUT2D eigenvalue weighted by molar-refractivity contribution is 0.208. The van der Waals surface area contributed by atoms with Crippen molar-refractivity contribution in [1.82, 2.24) is 14.9 Å². The van der Waals surface area contributed by atoms with Gasteiger partial charge in [-0.15, -0.1) is 0 Å². The van der Waals surface area contributed by atoms with Crippen LogP contribution in [0.1, 0.15) is 18.4 Å². The fourth-order valence-corrected chi connectivity index (χ4v) is 2.81. The monoisotopic (exact) mass is 283 g/mol. The van der Waals surface area contributed by atoms with Crippen molar-refractivity contribution in [2.45, 2.75) is 25.4 Å². The number of hydrogen-bond donors (Lipinski definition) is 2. The van der Waals surface area contributed by atoms with Crippen LogP contribution in [-0.4, -0.2) is 34.0 Å². The minimum atomic E-state index is 0.389. The zero-order valence-electron chi connectivity index (χ0n) is 12.1. The summed E-state index contributed by atoms with van der Waals surface area (Å²) in [5, 5.41) is 3.45. The second-order valence-corrected chi connectivity index (χ2v) is 5.53. The van der Waals surface area contributed by atoms with E-state index in [-0.39, 0.29) is 0 Å². The molecule has 1 atom stereocenters. The molecule has 1 aliphatic heterocycles. The first-order valence-electron chi connectivity index (χ1n) is 7.39. The van der Waals surface area contributed by atoms with E-state index in [2.05, 4.69) is 50.5 Å². The maximum Gasteiger partial charge on any atom is 0.152 e. The third kappa shape index (κ3) is 3.70. The SMILES string of the molecule is Nc1cncnc1NC1CCCN(Cc2ccccc2)C1. The summed E-state index contributed by atoms with van der Waals surface area (Å²) in [6, 6.07) is 11.0. The van der Waals surface area contributed by atoms with Crippen LogP contribution in [-0.2, 0) is 6.54 Å². The van der Waals surface area contributed by atoms with Crippen LogP contribution in [0.2, 0.25) is 0 Å². The molecule has 0 radical (unpaired) electrons. The van der Waals surface area contributed by atoms with Crippen molar-refractivity contribution in [2.75, 3.05) is 24.1 Å². The summed E-state index contributed by atoms with van der Waals surface area (Å²) in [4.78, 5) is 10.6. The average Bonchev–Trinajstić information content (AvgIpc) is 2.51. The van der Waals surface area contributed by atoms with E-state index in [1.54, 1.807) is 6.20 Å². The summed E-state index contributed by atoms with van der Waals surface area (Å²) >= 11 is 0. The molecule has 3 rings (SSSR count). The first kappa shape index (κ1) is 13.8. The molecule has 5 nitrogen and oxygen atoms in total. The lowest BCUT2D eigenvalue weighted by Gasteiger charge is -2.33. The van der Waals surface area contributed by atoms with Gasteiger partial charge in [0.1, 0.15) is 6.33 Å². The molecule has 0 amide bonds. The molecule has 0 bridgehead atoms. The maximum absolute atomic E-state index is 5.89. The predicted octanol–water partition coefficient (Wildman–Crippen LogP) is 2.14. The van der Waals surface area contributed by atoms with Crippen molar-refractivity contribution >= 4 is 11.5 Å². The number of nitrogen functional groups attached to an aromatic ring is 1. The van der Waals surface area contributed by atoms with Gasteiger partial charge in [0, 0.05) is 19.1 Å². The van der Waals surface area contributed by atoms with Crippen molar-refractivity contribution in [3.05, 3.63) is 48.4 Å². The van der Waals surface area contributed by atoms with Crippen molar-refractivity contribution < 1.29 is 0 Å². The number of nitrogens with two attached hydrogens (primary N) is 1. The standard InChI is InChI=1S/C16H21N5/c17-15-9-18-12-19-16(15)20-14-7-4-8-21(11-14)10-13-5-2-1-3-6-13/h1-3,5-6,9,12,14H,4,7-8,10-11,17H2,(H,18,19,20). The lowest BCUT2D eigenvalue weighted by Crippen LogP contribution is -2.41. The van der Waals surface area contributed by atoms with Crippen LogP contribution in [0.5, 0.6) is 0 Å². The molecule has 21 heavy (non-hydrogen) atoms. The van der Waals surface area contributed by atoms with Gasteiger partial charge in [-0.2, -0.15) is 0 Å². The number of hydrogen-bond acceptors (Lipinski definition) is 5. The number of likely N-dealkylation sites (tertiary alicyclic amines) is 1. The molecule has 110 valence electrons. The molecule has 1 saturated heterocycles. The van der Waals surface area contributed by atoms with Crippen molar-refractivity contribution in [3.63, 3.8) is 0 Å². The van der Waals surface area contributed by atoms with Crippen LogP contribution >= 0.6 is 0 Å². The van der Waals surface area contributed by atoms with Crippen LogP contribution in [0.15, 0.2) is 42.9 Å². The van der Waals surface area contributed by atoms with Gasteiger partial charge in [0.15, 0.2) is 5.82 Å². The number of benzene rings is 1. The van der Waals surface area contributed by atoms with E-state index in [9.17, 15) is 0 Å². The Kier molecular flexibility index (Phi) is 4.31. The third-order valence-corrected chi connectivity index (χ3v) is 3.84. The Morgan fingerprint density at radius 2 is 2.14 bits per heavy atom. The lowest BCUT2D eigenvalue weighted by atomic mass is 10.0. The quantitative estimate of drug-likeness (QED) is 0.900. The van der Waals surface area contributed by atoms with E-state index in [1.165, 1.54) is 18.3 Å². The van der Waals surface area contributed by atoms with E-state index >= 15 is 0 Å². The van der Waals surface area contributed by atoms with Gasteiger partial charge in [-0.05, 0) is 24.9 Å². The minimum Gasteiger partial charge on any atom is -0.394 e. The molecular formula is C16H21N5. The van der Waals surface area contributed by atoms with Gasteiger partial charge in [0.2, 0.25) is 0 Å². The minimum absolute atomic E-state index is 0.389. The molecule has 0 saturated carbocycles. The van der Waals surface area contributed by atoms with E-state index in [0.717, 1.165) is 31.9 Å². The predicted molar refractivity (Wildman–Crippen MR) is 84.8 cm³/mol. The van der Waals surface area contributed by atoms with Gasteiger partial charge in [0.25, 0.3) is 0 Å². The van der Waals surface area contributed by atoms with Crippen molar-refractivity contribution in [3.8, 4) is 0 Å². The summed E-state index contributed by atoms with van der Waals surface area (Å²) < 4.78 is 0. The number of rotatable bonds is 4. The fourth-order valence-electron chi connectivity index (χ4n) is 2.81. The van der Waals surface area contributed by atoms with E-state index in [0.29, 0.717) is 11.7 Å². The molecule has 1 aliphatic rings. The first-order chi connectivity index (χ1) is 10.3. The second kappa shape index (κ2) is 6.54. The maximum atomic E-state index is 5.89. The number of nitrogens with zero attached hydrogens (tertiary/aromatic N) is 3. The largest absolute Gasteiger partial charge is 0.394 e. The van der Waals surface area contributed by atoms with Crippen molar-refractivity contribution in [1.29, 1.82) is 0 Å². The van der Waals surface area contributed by atoms with Crippen LogP contribution in [0.3, 0.4) is 0 Å². The molecule has 2 heterocycles.